The average molecular weight is 576 g/mol. The molecule has 8 heteroatoms. The number of piperazine rings is 1. The zero-order valence-corrected chi connectivity index (χ0v) is 24.9. The number of carbonyl (C=O) groups excluding carboxylic acids is 1. The summed E-state index contributed by atoms with van der Waals surface area (Å²) in [5.74, 6) is 1.03. The Bertz CT molecular complexity index is 1280. The van der Waals surface area contributed by atoms with Crippen LogP contribution in [0.1, 0.15) is 31.0 Å². The fourth-order valence-electron chi connectivity index (χ4n) is 6.05. The minimum absolute atomic E-state index is 0.0908. The number of piperidine rings is 1. The Morgan fingerprint density at radius 2 is 1.76 bits per heavy atom. The molecule has 2 aromatic carbocycles. The first-order valence-electron chi connectivity index (χ1n) is 14.9. The molecule has 1 atom stereocenters. The van der Waals surface area contributed by atoms with Crippen LogP contribution >= 0.6 is 11.8 Å². The van der Waals surface area contributed by atoms with E-state index < -0.39 is 6.04 Å². The summed E-state index contributed by atoms with van der Waals surface area (Å²) in [4.78, 5) is 25.8. The van der Waals surface area contributed by atoms with Gasteiger partial charge in [-0.1, -0.05) is 49.4 Å². The molecule has 0 saturated carbocycles. The Morgan fingerprint density at radius 1 is 1.00 bits per heavy atom. The maximum Gasteiger partial charge on any atom is 0.239 e. The topological polar surface area (TPSA) is 65.7 Å². The normalized spacial score (nSPS) is 18.0. The zero-order chi connectivity index (χ0) is 28.6. The second-order valence-corrected chi connectivity index (χ2v) is 12.4. The van der Waals surface area contributed by atoms with Crippen molar-refractivity contribution in [3.05, 3.63) is 83.9 Å². The molecular weight excluding hydrogens is 533 g/mol. The Hall–Kier alpha value is -2.78. The third-order valence-electron chi connectivity index (χ3n) is 8.47. The second-order valence-electron chi connectivity index (χ2n) is 11.1. The SMILES string of the molecule is CCSc1cc(F)ccc1CN1CCN(C(=O)[C@H](N)C2CCN(CCc3ncccc3-c3ccccc3)CC2)CC1. The first-order chi connectivity index (χ1) is 20.0. The van der Waals surface area contributed by atoms with E-state index in [1.807, 2.05) is 29.3 Å². The van der Waals surface area contributed by atoms with Gasteiger partial charge in [-0.15, -0.1) is 11.8 Å². The van der Waals surface area contributed by atoms with Crippen molar-refractivity contribution in [2.45, 2.75) is 43.7 Å². The van der Waals surface area contributed by atoms with E-state index in [1.54, 1.807) is 23.9 Å². The number of aromatic nitrogens is 1. The van der Waals surface area contributed by atoms with E-state index in [-0.39, 0.29) is 17.6 Å². The standard InChI is InChI=1S/C33H42FN5OS/c1-2-41-31-23-28(34)11-10-27(31)24-38-19-21-39(22-20-38)33(40)32(35)26-12-16-37(17-13-26)18-14-30-29(9-6-15-36-30)25-7-4-3-5-8-25/h3-11,15,23,26,32H,2,12-14,16-22,24,35H2,1H3/t32-/m1/s1. The summed E-state index contributed by atoms with van der Waals surface area (Å²) in [6, 6.07) is 19.2. The molecule has 2 fully saturated rings. The summed E-state index contributed by atoms with van der Waals surface area (Å²) in [7, 11) is 0. The van der Waals surface area contributed by atoms with Crippen LogP contribution in [-0.2, 0) is 17.8 Å². The van der Waals surface area contributed by atoms with Gasteiger partial charge in [0.25, 0.3) is 0 Å². The van der Waals surface area contributed by atoms with E-state index in [1.165, 1.54) is 11.1 Å². The van der Waals surface area contributed by atoms with Gasteiger partial charge in [0.2, 0.25) is 5.91 Å². The minimum atomic E-state index is -0.436. The minimum Gasteiger partial charge on any atom is -0.339 e. The van der Waals surface area contributed by atoms with Crippen LogP contribution in [0.5, 0.6) is 0 Å². The predicted octanol–water partition coefficient (Wildman–Crippen LogP) is 4.93. The number of thioether (sulfide) groups is 1. The molecule has 2 N–H and O–H groups in total. The Labute approximate surface area is 248 Å². The van der Waals surface area contributed by atoms with Crippen LogP contribution in [0.3, 0.4) is 0 Å². The molecule has 6 nitrogen and oxygen atoms in total. The molecule has 5 rings (SSSR count). The number of hydrogen-bond donors (Lipinski definition) is 1. The average Bonchev–Trinajstić information content (AvgIpc) is 3.02. The molecular formula is C33H42FN5OS. The summed E-state index contributed by atoms with van der Waals surface area (Å²) >= 11 is 1.68. The summed E-state index contributed by atoms with van der Waals surface area (Å²) < 4.78 is 13.7. The fourth-order valence-corrected chi connectivity index (χ4v) is 6.87. The van der Waals surface area contributed by atoms with Gasteiger partial charge in [-0.3, -0.25) is 14.7 Å². The summed E-state index contributed by atoms with van der Waals surface area (Å²) in [6.07, 6.45) is 4.68. The Morgan fingerprint density at radius 3 is 2.49 bits per heavy atom. The highest BCUT2D eigenvalue weighted by Gasteiger charge is 2.32. The van der Waals surface area contributed by atoms with Gasteiger partial charge in [0.05, 0.1) is 6.04 Å². The van der Waals surface area contributed by atoms with E-state index in [4.69, 9.17) is 5.73 Å². The molecule has 2 saturated heterocycles. The van der Waals surface area contributed by atoms with E-state index >= 15 is 0 Å². The summed E-state index contributed by atoms with van der Waals surface area (Å²) in [5.41, 5.74) is 11.3. The van der Waals surface area contributed by atoms with Crippen LogP contribution in [0.15, 0.2) is 71.8 Å². The molecule has 1 amide bonds. The molecule has 0 unspecified atom stereocenters. The van der Waals surface area contributed by atoms with E-state index in [2.05, 4.69) is 52.0 Å². The highest BCUT2D eigenvalue weighted by Crippen LogP contribution is 2.27. The second kappa shape index (κ2) is 14.4. The number of nitrogens with zero attached hydrogens (tertiary/aromatic N) is 4. The highest BCUT2D eigenvalue weighted by molar-refractivity contribution is 7.99. The van der Waals surface area contributed by atoms with Crippen LogP contribution in [-0.4, -0.2) is 83.2 Å². The van der Waals surface area contributed by atoms with Crippen LogP contribution in [0.25, 0.3) is 11.1 Å². The van der Waals surface area contributed by atoms with Crippen molar-refractivity contribution in [1.82, 2.24) is 19.7 Å². The molecule has 3 heterocycles. The Kier molecular flexibility index (Phi) is 10.4. The van der Waals surface area contributed by atoms with Gasteiger partial charge in [0.15, 0.2) is 0 Å². The number of benzene rings is 2. The van der Waals surface area contributed by atoms with Crippen LogP contribution in [0, 0.1) is 11.7 Å². The van der Waals surface area contributed by atoms with Gasteiger partial charge in [-0.25, -0.2) is 4.39 Å². The molecule has 2 aliphatic rings. The van der Waals surface area contributed by atoms with Crippen molar-refractivity contribution in [2.24, 2.45) is 11.7 Å². The smallest absolute Gasteiger partial charge is 0.239 e. The number of amides is 1. The molecule has 41 heavy (non-hydrogen) atoms. The number of carbonyl (C=O) groups is 1. The van der Waals surface area contributed by atoms with Crippen molar-refractivity contribution in [3.63, 3.8) is 0 Å². The lowest BCUT2D eigenvalue weighted by Crippen LogP contribution is -2.55. The van der Waals surface area contributed by atoms with Gasteiger partial charge < -0.3 is 15.5 Å². The van der Waals surface area contributed by atoms with Crippen molar-refractivity contribution in [3.8, 4) is 11.1 Å². The Balaban J connectivity index is 1.06. The third kappa shape index (κ3) is 7.74. The van der Waals surface area contributed by atoms with Crippen molar-refractivity contribution >= 4 is 17.7 Å². The van der Waals surface area contributed by atoms with Gasteiger partial charge in [0.1, 0.15) is 5.82 Å². The number of likely N-dealkylation sites (tertiary alicyclic amines) is 1. The van der Waals surface area contributed by atoms with E-state index in [9.17, 15) is 9.18 Å². The molecule has 3 aromatic rings. The number of nitrogens with two attached hydrogens (primary N) is 1. The van der Waals surface area contributed by atoms with Crippen molar-refractivity contribution in [2.75, 3.05) is 51.6 Å². The lowest BCUT2D eigenvalue weighted by atomic mass is 9.88. The maximum absolute atomic E-state index is 13.7. The lowest BCUT2D eigenvalue weighted by molar-refractivity contribution is -0.136. The quantitative estimate of drug-likeness (QED) is 0.346. The molecule has 0 bridgehead atoms. The van der Waals surface area contributed by atoms with E-state index in [0.717, 1.165) is 80.4 Å². The molecule has 0 radical (unpaired) electrons. The monoisotopic (exact) mass is 575 g/mol. The first kappa shape index (κ1) is 29.7. The van der Waals surface area contributed by atoms with Crippen LogP contribution in [0.2, 0.25) is 0 Å². The summed E-state index contributed by atoms with van der Waals surface area (Å²) in [6.45, 7) is 8.74. The molecule has 0 spiro atoms. The predicted molar refractivity (Wildman–Crippen MR) is 165 cm³/mol. The number of hydrogen-bond acceptors (Lipinski definition) is 6. The van der Waals surface area contributed by atoms with Gasteiger partial charge >= 0.3 is 0 Å². The third-order valence-corrected chi connectivity index (χ3v) is 9.45. The largest absolute Gasteiger partial charge is 0.339 e. The van der Waals surface area contributed by atoms with Gasteiger partial charge in [0, 0.05) is 68.0 Å². The number of pyridine rings is 1. The number of halogens is 1. The maximum atomic E-state index is 13.7. The molecule has 218 valence electrons. The van der Waals surface area contributed by atoms with Crippen molar-refractivity contribution < 1.29 is 9.18 Å². The van der Waals surface area contributed by atoms with Crippen LogP contribution < -0.4 is 5.73 Å². The van der Waals surface area contributed by atoms with E-state index in [0.29, 0.717) is 13.1 Å². The first-order valence-corrected chi connectivity index (χ1v) is 15.9. The lowest BCUT2D eigenvalue weighted by Gasteiger charge is -2.39. The van der Waals surface area contributed by atoms with Gasteiger partial charge in [-0.05, 0) is 66.9 Å². The van der Waals surface area contributed by atoms with Crippen LogP contribution in [0.4, 0.5) is 4.39 Å². The fraction of sp³-hybridized carbons (Fsp3) is 0.455. The van der Waals surface area contributed by atoms with Crippen molar-refractivity contribution in [1.29, 1.82) is 0 Å². The van der Waals surface area contributed by atoms with Gasteiger partial charge in [-0.2, -0.15) is 0 Å². The highest BCUT2D eigenvalue weighted by atomic mass is 32.2. The zero-order valence-electron chi connectivity index (χ0n) is 24.1. The molecule has 2 aliphatic heterocycles. The number of rotatable bonds is 10. The molecule has 1 aromatic heterocycles. The summed E-state index contributed by atoms with van der Waals surface area (Å²) in [5, 5.41) is 0. The molecule has 0 aliphatic carbocycles.